The fraction of sp³-hybridized carbons (Fsp3) is 0.562. The Morgan fingerprint density at radius 3 is 2.76 bits per heavy atom. The summed E-state index contributed by atoms with van der Waals surface area (Å²) in [6, 6.07) is 0. The van der Waals surface area contributed by atoms with Crippen LogP contribution in [0.4, 0.5) is 0 Å². The van der Waals surface area contributed by atoms with E-state index in [2.05, 4.69) is 20.7 Å². The van der Waals surface area contributed by atoms with Gasteiger partial charge in [-0.15, -0.1) is 0 Å². The third-order valence-electron chi connectivity index (χ3n) is 3.29. The Balaban J connectivity index is 2.52. The highest BCUT2D eigenvalue weighted by Gasteiger charge is 2.12. The van der Waals surface area contributed by atoms with E-state index in [1.54, 1.807) is 7.11 Å². The number of Topliss-reactive ketones (excluding diaryl/α,β-unsaturated/α-hetero) is 1. The van der Waals surface area contributed by atoms with Crippen LogP contribution in [0.2, 0.25) is 0 Å². The predicted octanol–water partition coefficient (Wildman–Crippen LogP) is 4.51. The zero-order valence-corrected chi connectivity index (χ0v) is 15.2. The number of methoxy groups -OCH3 is 1. The van der Waals surface area contributed by atoms with E-state index in [0.717, 1.165) is 35.2 Å². The Morgan fingerprint density at radius 2 is 2.10 bits per heavy atom. The van der Waals surface area contributed by atoms with Crippen molar-refractivity contribution >= 4 is 33.7 Å². The number of rotatable bonds is 10. The first-order chi connectivity index (χ1) is 10.2. The molecule has 0 heterocycles. The first kappa shape index (κ1) is 18.4. The zero-order valence-electron chi connectivity index (χ0n) is 12.8. The van der Waals surface area contributed by atoms with Gasteiger partial charge in [0.1, 0.15) is 5.76 Å². The molecule has 0 bridgehead atoms. The number of ketones is 1. The van der Waals surface area contributed by atoms with Gasteiger partial charge in [-0.05, 0) is 25.0 Å². The lowest BCUT2D eigenvalue weighted by molar-refractivity contribution is -0.115. The van der Waals surface area contributed by atoms with E-state index in [1.807, 2.05) is 24.5 Å². The molecule has 5 heteroatoms. The SMILES string of the molecule is COC1=C(NSC)CC=C(C(=O)CCCCCCBr)C=C1. The van der Waals surface area contributed by atoms with E-state index in [9.17, 15) is 4.79 Å². The lowest BCUT2D eigenvalue weighted by Gasteiger charge is -2.09. The van der Waals surface area contributed by atoms with E-state index in [1.165, 1.54) is 24.8 Å². The molecule has 0 spiro atoms. The minimum Gasteiger partial charge on any atom is -0.495 e. The third-order valence-corrected chi connectivity index (χ3v) is 4.30. The molecule has 0 aromatic heterocycles. The van der Waals surface area contributed by atoms with Crippen molar-refractivity contribution in [1.82, 2.24) is 4.72 Å². The number of ether oxygens (including phenoxy) is 1. The molecule has 1 aliphatic carbocycles. The van der Waals surface area contributed by atoms with Gasteiger partial charge in [0.15, 0.2) is 5.78 Å². The smallest absolute Gasteiger partial charge is 0.162 e. The topological polar surface area (TPSA) is 38.3 Å². The van der Waals surface area contributed by atoms with Crippen molar-refractivity contribution in [2.24, 2.45) is 0 Å². The van der Waals surface area contributed by atoms with E-state index in [-0.39, 0.29) is 5.78 Å². The van der Waals surface area contributed by atoms with Crippen LogP contribution in [0.1, 0.15) is 38.5 Å². The molecule has 0 fully saturated rings. The van der Waals surface area contributed by atoms with E-state index >= 15 is 0 Å². The second kappa shape index (κ2) is 11.0. The first-order valence-electron chi connectivity index (χ1n) is 7.26. The Labute approximate surface area is 140 Å². The highest BCUT2D eigenvalue weighted by Crippen LogP contribution is 2.20. The van der Waals surface area contributed by atoms with Crippen LogP contribution >= 0.6 is 27.9 Å². The molecule has 0 aromatic rings. The minimum atomic E-state index is 0.228. The molecule has 0 aromatic carbocycles. The maximum atomic E-state index is 12.2. The van der Waals surface area contributed by atoms with Crippen LogP contribution in [-0.2, 0) is 9.53 Å². The van der Waals surface area contributed by atoms with Crippen molar-refractivity contribution in [2.45, 2.75) is 38.5 Å². The quantitative estimate of drug-likeness (QED) is 0.347. The summed E-state index contributed by atoms with van der Waals surface area (Å²) < 4.78 is 8.57. The number of allylic oxidation sites excluding steroid dienone is 4. The van der Waals surface area contributed by atoms with Crippen LogP contribution in [0, 0.1) is 0 Å². The molecule has 0 aliphatic heterocycles. The van der Waals surface area contributed by atoms with Crippen molar-refractivity contribution in [3.8, 4) is 0 Å². The number of carbonyl (C=O) groups is 1. The maximum absolute atomic E-state index is 12.2. The van der Waals surface area contributed by atoms with Gasteiger partial charge in [0.2, 0.25) is 0 Å². The van der Waals surface area contributed by atoms with Gasteiger partial charge in [-0.1, -0.05) is 46.8 Å². The Hall–Kier alpha value is -0.680. The second-order valence-corrected chi connectivity index (χ2v) is 6.23. The van der Waals surface area contributed by atoms with Crippen molar-refractivity contribution in [3.05, 3.63) is 35.3 Å². The molecule has 21 heavy (non-hydrogen) atoms. The molecule has 3 nitrogen and oxygen atoms in total. The highest BCUT2D eigenvalue weighted by atomic mass is 79.9. The molecular formula is C16H24BrNO2S. The third kappa shape index (κ3) is 6.74. The molecule has 0 amide bonds. The summed E-state index contributed by atoms with van der Waals surface area (Å²) in [7, 11) is 1.65. The summed E-state index contributed by atoms with van der Waals surface area (Å²) in [6.07, 6.45) is 13.5. The largest absolute Gasteiger partial charge is 0.495 e. The Bertz CT molecular complexity index is 430. The fourth-order valence-corrected chi connectivity index (χ4v) is 2.96. The maximum Gasteiger partial charge on any atom is 0.162 e. The molecular weight excluding hydrogens is 350 g/mol. The van der Waals surface area contributed by atoms with Gasteiger partial charge < -0.3 is 9.46 Å². The zero-order chi connectivity index (χ0) is 15.5. The first-order valence-corrected chi connectivity index (χ1v) is 9.61. The normalized spacial score (nSPS) is 14.7. The van der Waals surface area contributed by atoms with Crippen molar-refractivity contribution in [1.29, 1.82) is 0 Å². The van der Waals surface area contributed by atoms with Gasteiger partial charge in [0.25, 0.3) is 0 Å². The van der Waals surface area contributed by atoms with Gasteiger partial charge >= 0.3 is 0 Å². The predicted molar refractivity (Wildman–Crippen MR) is 94.4 cm³/mol. The summed E-state index contributed by atoms with van der Waals surface area (Å²) >= 11 is 4.95. The van der Waals surface area contributed by atoms with Crippen LogP contribution in [0.15, 0.2) is 35.3 Å². The number of hydrogen-bond acceptors (Lipinski definition) is 4. The lowest BCUT2D eigenvalue weighted by Crippen LogP contribution is -2.06. The number of alkyl halides is 1. The van der Waals surface area contributed by atoms with Crippen LogP contribution in [0.5, 0.6) is 0 Å². The molecule has 1 aliphatic rings. The van der Waals surface area contributed by atoms with E-state index in [0.29, 0.717) is 12.8 Å². The Kier molecular flexibility index (Phi) is 9.59. The number of nitrogens with one attached hydrogen (secondary N) is 1. The van der Waals surface area contributed by atoms with E-state index < -0.39 is 0 Å². The monoisotopic (exact) mass is 373 g/mol. The molecule has 0 unspecified atom stereocenters. The molecule has 0 saturated carbocycles. The average Bonchev–Trinajstić information content (AvgIpc) is 2.69. The minimum absolute atomic E-state index is 0.228. The Morgan fingerprint density at radius 1 is 1.33 bits per heavy atom. The summed E-state index contributed by atoms with van der Waals surface area (Å²) in [5.41, 5.74) is 1.80. The van der Waals surface area contributed by atoms with Gasteiger partial charge in [0.05, 0.1) is 12.8 Å². The summed E-state index contributed by atoms with van der Waals surface area (Å²) in [5, 5.41) is 1.05. The van der Waals surface area contributed by atoms with Crippen molar-refractivity contribution in [2.75, 3.05) is 18.7 Å². The van der Waals surface area contributed by atoms with Gasteiger partial charge in [-0.2, -0.15) is 0 Å². The van der Waals surface area contributed by atoms with Gasteiger partial charge in [-0.3, -0.25) is 4.79 Å². The average molecular weight is 374 g/mol. The van der Waals surface area contributed by atoms with Gasteiger partial charge in [0, 0.05) is 30.0 Å². The standard InChI is InChI=1S/C16H24BrNO2S/c1-20-16-11-9-13(8-10-14(16)18-21-2)15(19)7-5-3-4-6-12-17/h8-9,11,18H,3-7,10,12H2,1-2H3. The number of halogens is 1. The van der Waals surface area contributed by atoms with Crippen LogP contribution in [0.25, 0.3) is 0 Å². The number of hydrogen-bond donors (Lipinski definition) is 1. The lowest BCUT2D eigenvalue weighted by atomic mass is 10.0. The van der Waals surface area contributed by atoms with Crippen LogP contribution in [0.3, 0.4) is 0 Å². The molecule has 1 N–H and O–H groups in total. The second-order valence-electron chi connectivity index (χ2n) is 4.83. The van der Waals surface area contributed by atoms with Gasteiger partial charge in [-0.25, -0.2) is 0 Å². The summed E-state index contributed by atoms with van der Waals surface area (Å²) in [6.45, 7) is 0. The molecule has 118 valence electrons. The van der Waals surface area contributed by atoms with Crippen molar-refractivity contribution < 1.29 is 9.53 Å². The molecule has 0 radical (unpaired) electrons. The van der Waals surface area contributed by atoms with Crippen LogP contribution in [-0.4, -0.2) is 24.5 Å². The fourth-order valence-electron chi connectivity index (χ4n) is 2.14. The number of unbranched alkanes of at least 4 members (excludes halogenated alkanes) is 3. The highest BCUT2D eigenvalue weighted by molar-refractivity contribution is 9.09. The van der Waals surface area contributed by atoms with E-state index in [4.69, 9.17) is 4.74 Å². The molecule has 1 rings (SSSR count). The summed E-state index contributed by atoms with van der Waals surface area (Å²) in [5.74, 6) is 1.02. The molecule has 0 atom stereocenters. The van der Waals surface area contributed by atoms with Crippen LogP contribution < -0.4 is 4.72 Å². The molecule has 0 saturated heterocycles. The van der Waals surface area contributed by atoms with Crippen molar-refractivity contribution in [3.63, 3.8) is 0 Å². The summed E-state index contributed by atoms with van der Waals surface area (Å²) in [4.78, 5) is 12.2. The number of carbonyl (C=O) groups excluding carboxylic acids is 1.